The average molecular weight is 348 g/mol. The van der Waals surface area contributed by atoms with E-state index >= 15 is 0 Å². The molecule has 2 saturated heterocycles. The summed E-state index contributed by atoms with van der Waals surface area (Å²) in [6.07, 6.45) is 3.79. The molecule has 1 aromatic rings. The van der Waals surface area contributed by atoms with Crippen LogP contribution in [0.2, 0.25) is 0 Å². The summed E-state index contributed by atoms with van der Waals surface area (Å²) in [5.74, 6) is 1.07. The van der Waals surface area contributed by atoms with E-state index in [9.17, 15) is 14.7 Å². The number of piperidine rings is 1. The van der Waals surface area contributed by atoms with Gasteiger partial charge in [0.05, 0.1) is 5.75 Å². The van der Waals surface area contributed by atoms with E-state index in [1.54, 1.807) is 18.2 Å². The summed E-state index contributed by atoms with van der Waals surface area (Å²) in [6.45, 7) is 3.14. The Kier molecular flexibility index (Phi) is 5.66. The van der Waals surface area contributed by atoms with Gasteiger partial charge in [-0.15, -0.1) is 11.8 Å². The van der Waals surface area contributed by atoms with Crippen LogP contribution in [0.3, 0.4) is 0 Å². The average Bonchev–Trinajstić information content (AvgIpc) is 3.14. The number of likely N-dealkylation sites (tertiary alicyclic amines) is 2. The van der Waals surface area contributed by atoms with Crippen molar-refractivity contribution < 1.29 is 14.7 Å². The molecule has 2 amide bonds. The van der Waals surface area contributed by atoms with E-state index in [2.05, 4.69) is 0 Å². The van der Waals surface area contributed by atoms with E-state index in [-0.39, 0.29) is 23.5 Å². The van der Waals surface area contributed by atoms with Gasteiger partial charge in [-0.2, -0.15) is 0 Å². The number of amides is 2. The molecule has 0 unspecified atom stereocenters. The summed E-state index contributed by atoms with van der Waals surface area (Å²) in [7, 11) is 0. The van der Waals surface area contributed by atoms with Crippen molar-refractivity contribution in [1.82, 2.24) is 9.80 Å². The number of thioether (sulfide) groups is 1. The van der Waals surface area contributed by atoms with Gasteiger partial charge < -0.3 is 14.9 Å². The van der Waals surface area contributed by atoms with Gasteiger partial charge in [0, 0.05) is 37.0 Å². The van der Waals surface area contributed by atoms with Crippen LogP contribution in [-0.4, -0.2) is 58.7 Å². The van der Waals surface area contributed by atoms with Crippen LogP contribution in [0.5, 0.6) is 5.75 Å². The number of hydrogen-bond acceptors (Lipinski definition) is 4. The molecule has 130 valence electrons. The first-order valence-electron chi connectivity index (χ1n) is 8.62. The highest BCUT2D eigenvalue weighted by atomic mass is 32.2. The Hall–Kier alpha value is -1.69. The normalized spacial score (nSPS) is 18.8. The van der Waals surface area contributed by atoms with E-state index in [1.165, 1.54) is 11.8 Å². The number of nitrogens with zero attached hydrogens (tertiary/aromatic N) is 2. The number of carbonyl (C=O) groups excluding carboxylic acids is 2. The fourth-order valence-electron chi connectivity index (χ4n) is 3.38. The van der Waals surface area contributed by atoms with Crippen LogP contribution < -0.4 is 0 Å². The summed E-state index contributed by atoms with van der Waals surface area (Å²) in [5.41, 5.74) is 0. The van der Waals surface area contributed by atoms with E-state index < -0.39 is 0 Å². The smallest absolute Gasteiger partial charge is 0.232 e. The van der Waals surface area contributed by atoms with Gasteiger partial charge in [-0.3, -0.25) is 9.59 Å². The molecule has 3 rings (SSSR count). The maximum atomic E-state index is 12.4. The highest BCUT2D eigenvalue weighted by molar-refractivity contribution is 8.00. The van der Waals surface area contributed by atoms with Crippen molar-refractivity contribution in [3.8, 4) is 5.75 Å². The van der Waals surface area contributed by atoms with Crippen LogP contribution in [0, 0.1) is 5.92 Å². The van der Waals surface area contributed by atoms with Gasteiger partial charge in [0.15, 0.2) is 0 Å². The third-order valence-corrected chi connectivity index (χ3v) is 5.77. The van der Waals surface area contributed by atoms with Crippen LogP contribution in [0.25, 0.3) is 0 Å². The molecule has 0 atom stereocenters. The Labute approximate surface area is 147 Å². The van der Waals surface area contributed by atoms with Crippen LogP contribution in [0.1, 0.15) is 25.7 Å². The molecular formula is C18H24N2O3S. The Morgan fingerprint density at radius 2 is 1.79 bits per heavy atom. The van der Waals surface area contributed by atoms with E-state index in [0.717, 1.165) is 43.7 Å². The predicted octanol–water partition coefficient (Wildman–Crippen LogP) is 2.35. The van der Waals surface area contributed by atoms with Crippen molar-refractivity contribution in [2.24, 2.45) is 5.92 Å². The van der Waals surface area contributed by atoms with E-state index in [4.69, 9.17) is 0 Å². The van der Waals surface area contributed by atoms with Crippen molar-refractivity contribution in [2.75, 3.05) is 31.9 Å². The molecule has 1 N–H and O–H groups in total. The maximum absolute atomic E-state index is 12.4. The minimum Gasteiger partial charge on any atom is -0.508 e. The first-order valence-corrected chi connectivity index (χ1v) is 9.60. The number of hydrogen-bond donors (Lipinski definition) is 1. The van der Waals surface area contributed by atoms with E-state index in [0.29, 0.717) is 18.8 Å². The predicted molar refractivity (Wildman–Crippen MR) is 93.9 cm³/mol. The molecule has 0 bridgehead atoms. The largest absolute Gasteiger partial charge is 0.508 e. The van der Waals surface area contributed by atoms with Crippen LogP contribution in [-0.2, 0) is 9.59 Å². The first-order chi connectivity index (χ1) is 11.6. The molecule has 24 heavy (non-hydrogen) atoms. The van der Waals surface area contributed by atoms with Gasteiger partial charge in [0.25, 0.3) is 0 Å². The third-order valence-electron chi connectivity index (χ3n) is 4.79. The quantitative estimate of drug-likeness (QED) is 0.849. The highest BCUT2D eigenvalue weighted by Crippen LogP contribution is 2.25. The molecule has 0 saturated carbocycles. The first kappa shape index (κ1) is 17.1. The topological polar surface area (TPSA) is 60.9 Å². The van der Waals surface area contributed by atoms with Crippen molar-refractivity contribution >= 4 is 23.6 Å². The zero-order valence-corrected chi connectivity index (χ0v) is 14.6. The number of phenols is 1. The molecule has 2 aliphatic rings. The second-order valence-electron chi connectivity index (χ2n) is 6.47. The van der Waals surface area contributed by atoms with Crippen molar-refractivity contribution in [3.05, 3.63) is 24.3 Å². The third kappa shape index (κ3) is 4.23. The molecule has 0 spiro atoms. The Bertz CT molecular complexity index is 594. The van der Waals surface area contributed by atoms with Crippen LogP contribution in [0.15, 0.2) is 29.2 Å². The molecule has 2 fully saturated rings. The zero-order valence-electron chi connectivity index (χ0n) is 13.8. The molecule has 0 radical (unpaired) electrons. The molecular weight excluding hydrogens is 324 g/mol. The fraction of sp³-hybridized carbons (Fsp3) is 0.556. The summed E-state index contributed by atoms with van der Waals surface area (Å²) in [6, 6.07) is 6.95. The lowest BCUT2D eigenvalue weighted by molar-refractivity contribution is -0.139. The minimum absolute atomic E-state index is 0.0888. The molecule has 0 aliphatic carbocycles. The minimum atomic E-state index is 0.0888. The Morgan fingerprint density at radius 1 is 1.08 bits per heavy atom. The Morgan fingerprint density at radius 3 is 2.46 bits per heavy atom. The summed E-state index contributed by atoms with van der Waals surface area (Å²) < 4.78 is 0. The fourth-order valence-corrected chi connectivity index (χ4v) is 4.23. The number of rotatable bonds is 4. The van der Waals surface area contributed by atoms with Crippen molar-refractivity contribution in [2.45, 2.75) is 30.6 Å². The lowest BCUT2D eigenvalue weighted by atomic mass is 9.95. The summed E-state index contributed by atoms with van der Waals surface area (Å²) >= 11 is 1.44. The van der Waals surface area contributed by atoms with Gasteiger partial charge >= 0.3 is 0 Å². The number of phenolic OH excluding ortho intramolecular Hbond substituents is 1. The number of benzene rings is 1. The SMILES string of the molecule is O=C(CSc1cccc(O)c1)N1CCC(C(=O)N2CCCC2)CC1. The molecule has 2 aliphatic heterocycles. The second kappa shape index (κ2) is 7.92. The summed E-state index contributed by atoms with van der Waals surface area (Å²) in [5, 5.41) is 9.45. The highest BCUT2D eigenvalue weighted by Gasteiger charge is 2.31. The maximum Gasteiger partial charge on any atom is 0.232 e. The Balaban J connectivity index is 1.44. The monoisotopic (exact) mass is 348 g/mol. The zero-order chi connectivity index (χ0) is 16.9. The van der Waals surface area contributed by atoms with Gasteiger partial charge in [0.1, 0.15) is 5.75 Å². The van der Waals surface area contributed by atoms with Gasteiger partial charge in [0.2, 0.25) is 11.8 Å². The van der Waals surface area contributed by atoms with E-state index in [1.807, 2.05) is 15.9 Å². The van der Waals surface area contributed by atoms with Crippen molar-refractivity contribution in [3.63, 3.8) is 0 Å². The molecule has 5 nitrogen and oxygen atoms in total. The molecule has 6 heteroatoms. The number of carbonyl (C=O) groups is 2. The molecule has 1 aromatic carbocycles. The lowest BCUT2D eigenvalue weighted by Crippen LogP contribution is -2.44. The lowest BCUT2D eigenvalue weighted by Gasteiger charge is -2.33. The summed E-state index contributed by atoms with van der Waals surface area (Å²) in [4.78, 5) is 29.5. The molecule has 2 heterocycles. The van der Waals surface area contributed by atoms with Gasteiger partial charge in [-0.05, 0) is 43.9 Å². The molecule has 0 aromatic heterocycles. The van der Waals surface area contributed by atoms with Gasteiger partial charge in [-0.25, -0.2) is 0 Å². The number of aromatic hydroxyl groups is 1. The van der Waals surface area contributed by atoms with Crippen molar-refractivity contribution in [1.29, 1.82) is 0 Å². The standard InChI is InChI=1S/C18H24N2O3S/c21-15-4-3-5-16(12-15)24-13-17(22)19-10-6-14(7-11-19)18(23)20-8-1-2-9-20/h3-5,12,14,21H,1-2,6-11,13H2. The van der Waals surface area contributed by atoms with Crippen LogP contribution >= 0.6 is 11.8 Å². The van der Waals surface area contributed by atoms with Crippen LogP contribution in [0.4, 0.5) is 0 Å². The second-order valence-corrected chi connectivity index (χ2v) is 7.52. The van der Waals surface area contributed by atoms with Gasteiger partial charge in [-0.1, -0.05) is 6.07 Å².